The van der Waals surface area contributed by atoms with Crippen LogP contribution in [-0.4, -0.2) is 51.2 Å². The van der Waals surface area contributed by atoms with Crippen molar-refractivity contribution >= 4 is 28.6 Å². The molecule has 1 N–H and O–H groups in total. The molecule has 4 aromatic rings. The molecule has 1 aliphatic rings. The maximum Gasteiger partial charge on any atom is 0.573 e. The SMILES string of the molecule is Cc1cc(C)c(N2CCSC2=NC(=O)NCC(C)(C)Cc2ccc(-c3ncn(-c4ccc(OC(F)(F)F)cc4)n3)cc2)c(C)c1. The third-order valence-corrected chi connectivity index (χ3v) is 8.28. The number of thioether (sulfide) groups is 1. The van der Waals surface area contributed by atoms with E-state index in [1.807, 2.05) is 24.3 Å². The zero-order valence-corrected chi connectivity index (χ0v) is 26.6. The molecule has 0 aliphatic carbocycles. The standard InChI is InChI=1S/C33H35F3N6O2S/c1-21-16-22(2)28(23(3)17-21)41-14-15-45-31(41)39-30(43)37-19-32(4,5)18-24-6-8-25(9-7-24)29-38-20-42(40-29)26-10-12-27(13-11-26)44-33(34,35)36/h6-13,16-17,20H,14-15,18-19H2,1-5H3,(H,37,43). The van der Waals surface area contributed by atoms with Crippen LogP contribution in [0.1, 0.15) is 36.1 Å². The molecular formula is C33H35F3N6O2S. The lowest BCUT2D eigenvalue weighted by atomic mass is 9.85. The highest BCUT2D eigenvalue weighted by molar-refractivity contribution is 8.14. The predicted molar refractivity (Wildman–Crippen MR) is 172 cm³/mol. The van der Waals surface area contributed by atoms with Crippen LogP contribution in [0.5, 0.6) is 5.75 Å². The Morgan fingerprint density at radius 3 is 2.33 bits per heavy atom. The largest absolute Gasteiger partial charge is 0.573 e. The quantitative estimate of drug-likeness (QED) is 0.214. The molecule has 0 bridgehead atoms. The zero-order valence-electron chi connectivity index (χ0n) is 25.8. The molecule has 45 heavy (non-hydrogen) atoms. The van der Waals surface area contributed by atoms with Gasteiger partial charge in [-0.3, -0.25) is 0 Å². The summed E-state index contributed by atoms with van der Waals surface area (Å²) in [6.07, 6.45) is -2.52. The fourth-order valence-corrected chi connectivity index (χ4v) is 6.39. The molecule has 2 amide bonds. The van der Waals surface area contributed by atoms with Crippen LogP contribution in [0.15, 0.2) is 72.0 Å². The van der Waals surface area contributed by atoms with E-state index < -0.39 is 6.36 Å². The van der Waals surface area contributed by atoms with Gasteiger partial charge in [0.25, 0.3) is 0 Å². The first-order chi connectivity index (χ1) is 21.3. The third-order valence-electron chi connectivity index (χ3n) is 7.32. The number of nitrogens with zero attached hydrogens (tertiary/aromatic N) is 5. The Kier molecular flexibility index (Phi) is 9.24. The summed E-state index contributed by atoms with van der Waals surface area (Å²) in [5.74, 6) is 1.06. The Morgan fingerprint density at radius 2 is 1.69 bits per heavy atom. The molecule has 0 saturated carbocycles. The van der Waals surface area contributed by atoms with Gasteiger partial charge in [-0.2, -0.15) is 4.99 Å². The smallest absolute Gasteiger partial charge is 0.406 e. The van der Waals surface area contributed by atoms with E-state index >= 15 is 0 Å². The van der Waals surface area contributed by atoms with Gasteiger partial charge < -0.3 is 15.0 Å². The molecular weight excluding hydrogens is 601 g/mol. The number of nitrogens with one attached hydrogen (secondary N) is 1. The highest BCUT2D eigenvalue weighted by Crippen LogP contribution is 2.32. The number of anilines is 1. The number of urea groups is 1. The molecule has 5 rings (SSSR count). The Morgan fingerprint density at radius 1 is 1.02 bits per heavy atom. The molecule has 3 aromatic carbocycles. The van der Waals surface area contributed by atoms with Crippen LogP contribution in [-0.2, 0) is 6.42 Å². The second kappa shape index (κ2) is 13.0. The molecule has 12 heteroatoms. The number of rotatable bonds is 8. The average Bonchev–Trinajstić information content (AvgIpc) is 3.62. The van der Waals surface area contributed by atoms with Crippen LogP contribution in [0, 0.1) is 26.2 Å². The van der Waals surface area contributed by atoms with Gasteiger partial charge in [-0.1, -0.05) is 67.6 Å². The topological polar surface area (TPSA) is 84.6 Å². The minimum atomic E-state index is -4.75. The predicted octanol–water partition coefficient (Wildman–Crippen LogP) is 7.65. The molecule has 1 aromatic heterocycles. The average molecular weight is 637 g/mol. The summed E-state index contributed by atoms with van der Waals surface area (Å²) >= 11 is 1.59. The number of amides is 2. The van der Waals surface area contributed by atoms with Crippen LogP contribution in [0.2, 0.25) is 0 Å². The van der Waals surface area contributed by atoms with Crippen molar-refractivity contribution in [1.29, 1.82) is 0 Å². The number of ether oxygens (including phenoxy) is 1. The Bertz CT molecular complexity index is 1680. The van der Waals surface area contributed by atoms with Crippen molar-refractivity contribution in [2.75, 3.05) is 23.7 Å². The van der Waals surface area contributed by atoms with Crippen molar-refractivity contribution in [1.82, 2.24) is 20.1 Å². The first kappa shape index (κ1) is 32.1. The molecule has 0 unspecified atom stereocenters. The van der Waals surface area contributed by atoms with E-state index in [1.165, 1.54) is 52.0 Å². The van der Waals surface area contributed by atoms with Crippen LogP contribution >= 0.6 is 11.8 Å². The number of carbonyl (C=O) groups excluding carboxylic acids is 1. The van der Waals surface area contributed by atoms with Crippen molar-refractivity contribution in [3.8, 4) is 22.8 Å². The summed E-state index contributed by atoms with van der Waals surface area (Å²) in [6, 6.07) is 17.2. The van der Waals surface area contributed by atoms with Gasteiger partial charge in [0.05, 0.1) is 5.69 Å². The number of aliphatic imine (C=N–C) groups is 1. The van der Waals surface area contributed by atoms with Crippen LogP contribution in [0.3, 0.4) is 0 Å². The Hall–Kier alpha value is -4.32. The summed E-state index contributed by atoms with van der Waals surface area (Å²) in [5, 5.41) is 8.19. The van der Waals surface area contributed by atoms with Crippen molar-refractivity contribution in [2.45, 2.75) is 47.4 Å². The first-order valence-corrected chi connectivity index (χ1v) is 15.5. The van der Waals surface area contributed by atoms with E-state index in [0.29, 0.717) is 18.1 Å². The van der Waals surface area contributed by atoms with Crippen LogP contribution in [0.4, 0.5) is 23.7 Å². The molecule has 1 fully saturated rings. The number of benzene rings is 3. The van der Waals surface area contributed by atoms with Crippen LogP contribution < -0.4 is 15.0 Å². The Balaban J connectivity index is 1.17. The minimum absolute atomic E-state index is 0.230. The summed E-state index contributed by atoms with van der Waals surface area (Å²) in [5.41, 5.74) is 6.89. The molecule has 1 saturated heterocycles. The second-order valence-electron chi connectivity index (χ2n) is 11.9. The van der Waals surface area contributed by atoms with Crippen molar-refractivity contribution < 1.29 is 22.7 Å². The van der Waals surface area contributed by atoms with Gasteiger partial charge in [-0.25, -0.2) is 14.5 Å². The van der Waals surface area contributed by atoms with Gasteiger partial charge in [0.2, 0.25) is 0 Å². The fourth-order valence-electron chi connectivity index (χ4n) is 5.45. The maximum atomic E-state index is 12.9. The maximum absolute atomic E-state index is 12.9. The van der Waals surface area contributed by atoms with E-state index in [2.05, 4.69) is 76.8 Å². The minimum Gasteiger partial charge on any atom is -0.406 e. The van der Waals surface area contributed by atoms with E-state index in [4.69, 9.17) is 0 Å². The van der Waals surface area contributed by atoms with Gasteiger partial charge in [-0.05, 0) is 73.6 Å². The Labute approximate surface area is 264 Å². The van der Waals surface area contributed by atoms with E-state index in [9.17, 15) is 18.0 Å². The number of amidine groups is 1. The molecule has 0 radical (unpaired) electrons. The lowest BCUT2D eigenvalue weighted by molar-refractivity contribution is -0.274. The molecule has 1 aliphatic heterocycles. The van der Waals surface area contributed by atoms with Gasteiger partial charge in [0.1, 0.15) is 12.1 Å². The zero-order chi connectivity index (χ0) is 32.4. The number of carbonyl (C=O) groups is 1. The number of hydrogen-bond donors (Lipinski definition) is 1. The van der Waals surface area contributed by atoms with Crippen molar-refractivity contribution in [3.63, 3.8) is 0 Å². The van der Waals surface area contributed by atoms with Crippen molar-refractivity contribution in [3.05, 3.63) is 89.2 Å². The lowest BCUT2D eigenvalue weighted by Crippen LogP contribution is -2.35. The normalized spacial score (nSPS) is 14.7. The summed E-state index contributed by atoms with van der Waals surface area (Å²) in [7, 11) is 0. The second-order valence-corrected chi connectivity index (χ2v) is 13.0. The first-order valence-electron chi connectivity index (χ1n) is 14.5. The van der Waals surface area contributed by atoms with Gasteiger partial charge >= 0.3 is 12.4 Å². The molecule has 2 heterocycles. The lowest BCUT2D eigenvalue weighted by Gasteiger charge is -2.25. The van der Waals surface area contributed by atoms with Gasteiger partial charge in [0.15, 0.2) is 11.0 Å². The van der Waals surface area contributed by atoms with Crippen molar-refractivity contribution in [2.24, 2.45) is 10.4 Å². The molecule has 8 nitrogen and oxygen atoms in total. The van der Waals surface area contributed by atoms with Gasteiger partial charge in [-0.15, -0.1) is 18.3 Å². The van der Waals surface area contributed by atoms with E-state index in [-0.39, 0.29) is 17.2 Å². The number of hydrogen-bond acceptors (Lipinski definition) is 5. The highest BCUT2D eigenvalue weighted by Gasteiger charge is 2.31. The number of halogens is 3. The molecule has 236 valence electrons. The monoisotopic (exact) mass is 636 g/mol. The summed E-state index contributed by atoms with van der Waals surface area (Å²) < 4.78 is 42.7. The number of alkyl halides is 3. The van der Waals surface area contributed by atoms with E-state index in [1.54, 1.807) is 11.8 Å². The third kappa shape index (κ3) is 8.24. The molecule has 0 atom stereocenters. The number of aryl methyl sites for hydroxylation is 3. The van der Waals surface area contributed by atoms with Crippen LogP contribution in [0.25, 0.3) is 17.1 Å². The summed E-state index contributed by atoms with van der Waals surface area (Å²) in [6.45, 7) is 11.7. The fraction of sp³-hybridized carbons (Fsp3) is 0.333. The van der Waals surface area contributed by atoms with E-state index in [0.717, 1.165) is 40.7 Å². The number of aromatic nitrogens is 3. The summed E-state index contributed by atoms with van der Waals surface area (Å²) in [4.78, 5) is 23.8. The molecule has 0 spiro atoms. The highest BCUT2D eigenvalue weighted by atomic mass is 32.2. The van der Waals surface area contributed by atoms with Gasteiger partial charge in [0, 0.05) is 30.1 Å².